The fraction of sp³-hybridized carbons (Fsp3) is 0.250. The molecule has 1 atom stereocenters. The zero-order valence-electron chi connectivity index (χ0n) is 11.7. The van der Waals surface area contributed by atoms with Gasteiger partial charge in [-0.15, -0.1) is 0 Å². The molecule has 2 rings (SSSR count). The molecule has 0 aromatic heterocycles. The molecule has 0 saturated carbocycles. The van der Waals surface area contributed by atoms with Crippen LogP contribution in [0.1, 0.15) is 17.2 Å². The molecule has 2 aromatic rings. The molecule has 0 heterocycles. The van der Waals surface area contributed by atoms with Gasteiger partial charge in [0.25, 0.3) is 0 Å². The number of sulfone groups is 1. The number of hydrogen-bond donors (Lipinski definition) is 1. The van der Waals surface area contributed by atoms with Crippen LogP contribution in [0, 0.1) is 0 Å². The predicted molar refractivity (Wildman–Crippen MR) is 81.5 cm³/mol. The SMILES string of the molecule is CNC(Cc1ccccc1S(C)(=O)=O)c1ccccc1. The Bertz CT molecular complexity index is 666. The first-order chi connectivity index (χ1) is 9.52. The van der Waals surface area contributed by atoms with Crippen LogP contribution in [-0.4, -0.2) is 21.7 Å². The minimum absolute atomic E-state index is 0.0964. The summed E-state index contributed by atoms with van der Waals surface area (Å²) in [4.78, 5) is 0.413. The molecule has 0 bridgehead atoms. The first-order valence-electron chi connectivity index (χ1n) is 6.52. The zero-order chi connectivity index (χ0) is 14.6. The second-order valence-electron chi connectivity index (χ2n) is 4.84. The van der Waals surface area contributed by atoms with E-state index in [0.717, 1.165) is 11.1 Å². The number of rotatable bonds is 5. The number of likely N-dealkylation sites (N-methyl/N-ethyl adjacent to an activating group) is 1. The molecule has 0 spiro atoms. The summed E-state index contributed by atoms with van der Waals surface area (Å²) in [6, 6.07) is 17.3. The summed E-state index contributed by atoms with van der Waals surface area (Å²) in [6.45, 7) is 0. The van der Waals surface area contributed by atoms with E-state index in [1.54, 1.807) is 12.1 Å². The summed E-state index contributed by atoms with van der Waals surface area (Å²) in [5.74, 6) is 0. The number of hydrogen-bond acceptors (Lipinski definition) is 3. The van der Waals surface area contributed by atoms with Gasteiger partial charge in [0.2, 0.25) is 0 Å². The normalized spacial score (nSPS) is 13.1. The highest BCUT2D eigenvalue weighted by Crippen LogP contribution is 2.23. The van der Waals surface area contributed by atoms with Gasteiger partial charge >= 0.3 is 0 Å². The van der Waals surface area contributed by atoms with Gasteiger partial charge in [0, 0.05) is 12.3 Å². The van der Waals surface area contributed by atoms with Crippen molar-refractivity contribution in [2.24, 2.45) is 0 Å². The molecule has 20 heavy (non-hydrogen) atoms. The first kappa shape index (κ1) is 14.8. The van der Waals surface area contributed by atoms with Gasteiger partial charge in [-0.3, -0.25) is 0 Å². The van der Waals surface area contributed by atoms with Gasteiger partial charge < -0.3 is 5.32 Å². The van der Waals surface area contributed by atoms with E-state index < -0.39 is 9.84 Å². The molecule has 0 saturated heterocycles. The highest BCUT2D eigenvalue weighted by atomic mass is 32.2. The standard InChI is InChI=1S/C16H19NO2S/c1-17-15(13-8-4-3-5-9-13)12-14-10-6-7-11-16(14)20(2,18)19/h3-11,15,17H,12H2,1-2H3. The second-order valence-corrected chi connectivity index (χ2v) is 6.82. The monoisotopic (exact) mass is 289 g/mol. The Hall–Kier alpha value is -1.65. The summed E-state index contributed by atoms with van der Waals surface area (Å²) in [5.41, 5.74) is 2.00. The number of nitrogens with one attached hydrogen (secondary N) is 1. The van der Waals surface area contributed by atoms with Crippen LogP contribution < -0.4 is 5.32 Å². The zero-order valence-corrected chi connectivity index (χ0v) is 12.5. The summed E-state index contributed by atoms with van der Waals surface area (Å²) in [6.07, 6.45) is 1.90. The van der Waals surface area contributed by atoms with E-state index in [1.165, 1.54) is 6.26 Å². The van der Waals surface area contributed by atoms with E-state index in [9.17, 15) is 8.42 Å². The van der Waals surface area contributed by atoms with Gasteiger partial charge in [-0.05, 0) is 30.7 Å². The van der Waals surface area contributed by atoms with E-state index in [1.807, 2.05) is 49.5 Å². The molecule has 3 nitrogen and oxygen atoms in total. The average molecular weight is 289 g/mol. The highest BCUT2D eigenvalue weighted by Gasteiger charge is 2.16. The fourth-order valence-electron chi connectivity index (χ4n) is 2.33. The molecular weight excluding hydrogens is 270 g/mol. The summed E-state index contributed by atoms with van der Waals surface area (Å²) < 4.78 is 23.7. The Morgan fingerprint density at radius 1 is 1.00 bits per heavy atom. The van der Waals surface area contributed by atoms with Crippen molar-refractivity contribution in [2.45, 2.75) is 17.4 Å². The minimum Gasteiger partial charge on any atom is -0.313 e. The molecule has 1 N–H and O–H groups in total. The highest BCUT2D eigenvalue weighted by molar-refractivity contribution is 7.90. The van der Waals surface area contributed by atoms with Crippen LogP contribution in [0.4, 0.5) is 0 Å². The van der Waals surface area contributed by atoms with Crippen molar-refractivity contribution in [3.05, 3.63) is 65.7 Å². The van der Waals surface area contributed by atoms with Crippen LogP contribution >= 0.6 is 0 Å². The van der Waals surface area contributed by atoms with E-state index in [-0.39, 0.29) is 6.04 Å². The van der Waals surface area contributed by atoms with Crippen LogP contribution in [0.15, 0.2) is 59.5 Å². The lowest BCUT2D eigenvalue weighted by atomic mass is 9.99. The van der Waals surface area contributed by atoms with E-state index in [4.69, 9.17) is 0 Å². The molecule has 4 heteroatoms. The Labute approximate surface area is 120 Å². The van der Waals surface area contributed by atoms with Gasteiger partial charge in [0.1, 0.15) is 0 Å². The topological polar surface area (TPSA) is 46.2 Å². The molecule has 0 aliphatic rings. The Morgan fingerprint density at radius 3 is 2.20 bits per heavy atom. The Kier molecular flexibility index (Phi) is 4.57. The summed E-state index contributed by atoms with van der Waals surface area (Å²) in [5, 5.41) is 3.25. The van der Waals surface area contributed by atoms with E-state index in [2.05, 4.69) is 5.32 Å². The van der Waals surface area contributed by atoms with Gasteiger partial charge in [0.15, 0.2) is 9.84 Å². The van der Waals surface area contributed by atoms with E-state index >= 15 is 0 Å². The largest absolute Gasteiger partial charge is 0.313 e. The maximum absolute atomic E-state index is 11.8. The molecule has 1 unspecified atom stereocenters. The van der Waals surface area contributed by atoms with Gasteiger partial charge in [-0.2, -0.15) is 0 Å². The van der Waals surface area contributed by atoms with Crippen molar-refractivity contribution in [3.8, 4) is 0 Å². The summed E-state index contributed by atoms with van der Waals surface area (Å²) in [7, 11) is -1.31. The molecule has 0 amide bonds. The third kappa shape index (κ3) is 3.46. The fourth-order valence-corrected chi connectivity index (χ4v) is 3.28. The quantitative estimate of drug-likeness (QED) is 0.920. The van der Waals surface area contributed by atoms with Crippen LogP contribution in [0.3, 0.4) is 0 Å². The average Bonchev–Trinajstić information content (AvgIpc) is 2.45. The lowest BCUT2D eigenvalue weighted by Crippen LogP contribution is -2.19. The third-order valence-corrected chi connectivity index (χ3v) is 4.54. The van der Waals surface area contributed by atoms with Gasteiger partial charge in [0.05, 0.1) is 4.90 Å². The van der Waals surface area contributed by atoms with Crippen molar-refractivity contribution in [3.63, 3.8) is 0 Å². The van der Waals surface area contributed by atoms with Crippen molar-refractivity contribution in [1.82, 2.24) is 5.32 Å². The van der Waals surface area contributed by atoms with Gasteiger partial charge in [-0.25, -0.2) is 8.42 Å². The maximum Gasteiger partial charge on any atom is 0.175 e. The van der Waals surface area contributed by atoms with Crippen molar-refractivity contribution in [2.75, 3.05) is 13.3 Å². The molecule has 0 aliphatic carbocycles. The molecular formula is C16H19NO2S. The van der Waals surface area contributed by atoms with Crippen LogP contribution in [-0.2, 0) is 16.3 Å². The van der Waals surface area contributed by atoms with Crippen LogP contribution in [0.5, 0.6) is 0 Å². The lowest BCUT2D eigenvalue weighted by Gasteiger charge is -2.18. The van der Waals surface area contributed by atoms with Crippen molar-refractivity contribution < 1.29 is 8.42 Å². The molecule has 0 aliphatic heterocycles. The maximum atomic E-state index is 11.8. The molecule has 2 aromatic carbocycles. The van der Waals surface area contributed by atoms with Crippen molar-refractivity contribution in [1.29, 1.82) is 0 Å². The third-order valence-electron chi connectivity index (χ3n) is 3.35. The van der Waals surface area contributed by atoms with Crippen molar-refractivity contribution >= 4 is 9.84 Å². The molecule has 0 fully saturated rings. The Morgan fingerprint density at radius 2 is 1.60 bits per heavy atom. The first-order valence-corrected chi connectivity index (χ1v) is 8.41. The molecule has 106 valence electrons. The van der Waals surface area contributed by atoms with Gasteiger partial charge in [-0.1, -0.05) is 48.5 Å². The Balaban J connectivity index is 2.34. The smallest absolute Gasteiger partial charge is 0.175 e. The minimum atomic E-state index is -3.20. The predicted octanol–water partition coefficient (Wildman–Crippen LogP) is 2.59. The number of benzene rings is 2. The lowest BCUT2D eigenvalue weighted by molar-refractivity contribution is 0.579. The summed E-state index contributed by atoms with van der Waals surface area (Å²) >= 11 is 0. The second kappa shape index (κ2) is 6.20. The molecule has 0 radical (unpaired) electrons. The van der Waals surface area contributed by atoms with E-state index in [0.29, 0.717) is 11.3 Å². The van der Waals surface area contributed by atoms with Crippen LogP contribution in [0.25, 0.3) is 0 Å². The van der Waals surface area contributed by atoms with Crippen LogP contribution in [0.2, 0.25) is 0 Å².